The highest BCUT2D eigenvalue weighted by molar-refractivity contribution is 4.99. The molecule has 0 aliphatic carbocycles. The lowest BCUT2D eigenvalue weighted by molar-refractivity contribution is 0.594. The minimum Gasteiger partial charge on any atom is -0.327 e. The topological polar surface area (TPSA) is 26.0 Å². The lowest BCUT2D eigenvalue weighted by Crippen LogP contribution is -2.09. The summed E-state index contributed by atoms with van der Waals surface area (Å²) in [4.78, 5) is 0. The van der Waals surface area contributed by atoms with Gasteiger partial charge in [0, 0.05) is 6.54 Å². The Labute approximate surface area is 57.9 Å². The molecule has 0 amide bonds. The van der Waals surface area contributed by atoms with Crippen LogP contribution in [-0.2, 0) is 0 Å². The van der Waals surface area contributed by atoms with Gasteiger partial charge >= 0.3 is 0 Å². The van der Waals surface area contributed by atoms with E-state index in [0.29, 0.717) is 12.5 Å². The SMILES string of the molecule is C=C(CN)[C@H](C)CCC. The summed E-state index contributed by atoms with van der Waals surface area (Å²) in [5, 5.41) is 0. The van der Waals surface area contributed by atoms with E-state index in [1.807, 2.05) is 0 Å². The molecule has 0 aliphatic rings. The van der Waals surface area contributed by atoms with Gasteiger partial charge in [0.05, 0.1) is 0 Å². The molecule has 0 aromatic rings. The molecule has 0 spiro atoms. The first-order valence-electron chi connectivity index (χ1n) is 3.60. The van der Waals surface area contributed by atoms with Crippen molar-refractivity contribution in [1.29, 1.82) is 0 Å². The zero-order valence-corrected chi connectivity index (χ0v) is 6.48. The average Bonchev–Trinajstić information content (AvgIpc) is 1.87. The molecule has 1 heteroatoms. The van der Waals surface area contributed by atoms with Gasteiger partial charge in [-0.3, -0.25) is 0 Å². The van der Waals surface area contributed by atoms with E-state index in [2.05, 4.69) is 20.4 Å². The van der Waals surface area contributed by atoms with Crippen molar-refractivity contribution in [2.24, 2.45) is 11.7 Å². The van der Waals surface area contributed by atoms with Crippen LogP contribution in [0.2, 0.25) is 0 Å². The molecule has 0 aliphatic heterocycles. The molecule has 1 atom stereocenters. The molecule has 0 rings (SSSR count). The van der Waals surface area contributed by atoms with E-state index < -0.39 is 0 Å². The van der Waals surface area contributed by atoms with Gasteiger partial charge in [0.1, 0.15) is 0 Å². The molecule has 0 heterocycles. The highest BCUT2D eigenvalue weighted by Gasteiger charge is 2.01. The number of rotatable bonds is 4. The van der Waals surface area contributed by atoms with Crippen molar-refractivity contribution in [2.45, 2.75) is 26.7 Å². The maximum atomic E-state index is 5.40. The molecular weight excluding hydrogens is 110 g/mol. The highest BCUT2D eigenvalue weighted by Crippen LogP contribution is 2.12. The van der Waals surface area contributed by atoms with Crippen LogP contribution < -0.4 is 5.73 Å². The third kappa shape index (κ3) is 3.31. The molecule has 0 fully saturated rings. The summed E-state index contributed by atoms with van der Waals surface area (Å²) < 4.78 is 0. The van der Waals surface area contributed by atoms with Crippen LogP contribution in [0.25, 0.3) is 0 Å². The van der Waals surface area contributed by atoms with Gasteiger partial charge in [-0.15, -0.1) is 0 Å². The minimum atomic E-state index is 0.611. The lowest BCUT2D eigenvalue weighted by atomic mass is 9.98. The Bertz CT molecular complexity index is 86.6. The van der Waals surface area contributed by atoms with E-state index in [1.165, 1.54) is 18.4 Å². The van der Waals surface area contributed by atoms with Crippen molar-refractivity contribution in [1.82, 2.24) is 0 Å². The fourth-order valence-corrected chi connectivity index (χ4v) is 0.838. The molecule has 0 saturated carbocycles. The Morgan fingerprint density at radius 1 is 1.67 bits per heavy atom. The summed E-state index contributed by atoms with van der Waals surface area (Å²) in [5.74, 6) is 0.611. The second-order valence-corrected chi connectivity index (χ2v) is 2.55. The normalized spacial score (nSPS) is 13.2. The van der Waals surface area contributed by atoms with Gasteiger partial charge in [0.15, 0.2) is 0 Å². The number of hydrogen-bond acceptors (Lipinski definition) is 1. The zero-order chi connectivity index (χ0) is 7.28. The lowest BCUT2D eigenvalue weighted by Gasteiger charge is -2.10. The zero-order valence-electron chi connectivity index (χ0n) is 6.48. The predicted molar refractivity (Wildman–Crippen MR) is 42.3 cm³/mol. The largest absolute Gasteiger partial charge is 0.327 e. The Kier molecular flexibility index (Phi) is 4.41. The van der Waals surface area contributed by atoms with Gasteiger partial charge in [0.2, 0.25) is 0 Å². The first-order chi connectivity index (χ1) is 4.22. The maximum absolute atomic E-state index is 5.40. The van der Waals surface area contributed by atoms with Crippen molar-refractivity contribution in [3.63, 3.8) is 0 Å². The van der Waals surface area contributed by atoms with Crippen LogP contribution in [0.5, 0.6) is 0 Å². The molecule has 0 radical (unpaired) electrons. The van der Waals surface area contributed by atoms with Crippen LogP contribution >= 0.6 is 0 Å². The van der Waals surface area contributed by atoms with Crippen molar-refractivity contribution in [2.75, 3.05) is 6.54 Å². The quantitative estimate of drug-likeness (QED) is 0.574. The van der Waals surface area contributed by atoms with Crippen LogP contribution in [0, 0.1) is 5.92 Å². The second kappa shape index (κ2) is 4.57. The highest BCUT2D eigenvalue weighted by atomic mass is 14.5. The fourth-order valence-electron chi connectivity index (χ4n) is 0.838. The van der Waals surface area contributed by atoms with Gasteiger partial charge < -0.3 is 5.73 Å². The summed E-state index contributed by atoms with van der Waals surface area (Å²) >= 11 is 0. The predicted octanol–water partition coefficient (Wildman–Crippen LogP) is 1.94. The molecule has 0 bridgehead atoms. The third-order valence-electron chi connectivity index (χ3n) is 1.68. The van der Waals surface area contributed by atoms with E-state index in [9.17, 15) is 0 Å². The standard InChI is InChI=1S/C8H17N/c1-4-5-7(2)8(3)6-9/h7H,3-6,9H2,1-2H3/t7-/m1/s1. The van der Waals surface area contributed by atoms with Gasteiger partial charge in [-0.25, -0.2) is 0 Å². The van der Waals surface area contributed by atoms with Gasteiger partial charge in [0.25, 0.3) is 0 Å². The van der Waals surface area contributed by atoms with E-state index in [0.717, 1.165) is 0 Å². The van der Waals surface area contributed by atoms with Crippen molar-refractivity contribution < 1.29 is 0 Å². The molecule has 2 N–H and O–H groups in total. The van der Waals surface area contributed by atoms with Gasteiger partial charge in [-0.1, -0.05) is 32.4 Å². The van der Waals surface area contributed by atoms with Crippen LogP contribution in [0.15, 0.2) is 12.2 Å². The second-order valence-electron chi connectivity index (χ2n) is 2.55. The summed E-state index contributed by atoms with van der Waals surface area (Å²) in [7, 11) is 0. The van der Waals surface area contributed by atoms with Crippen molar-refractivity contribution in [3.8, 4) is 0 Å². The van der Waals surface area contributed by atoms with Gasteiger partial charge in [-0.2, -0.15) is 0 Å². The molecule has 0 unspecified atom stereocenters. The maximum Gasteiger partial charge on any atom is 0.0136 e. The third-order valence-corrected chi connectivity index (χ3v) is 1.68. The fraction of sp³-hybridized carbons (Fsp3) is 0.750. The van der Waals surface area contributed by atoms with E-state index in [1.54, 1.807) is 0 Å². The average molecular weight is 127 g/mol. The van der Waals surface area contributed by atoms with Crippen molar-refractivity contribution in [3.05, 3.63) is 12.2 Å². The Balaban J connectivity index is 3.45. The molecule has 54 valence electrons. The molecular formula is C8H17N. The van der Waals surface area contributed by atoms with E-state index >= 15 is 0 Å². The van der Waals surface area contributed by atoms with Crippen LogP contribution in [0.3, 0.4) is 0 Å². The van der Waals surface area contributed by atoms with Crippen LogP contribution in [0.4, 0.5) is 0 Å². The first kappa shape index (κ1) is 8.70. The number of nitrogens with two attached hydrogens (primary N) is 1. The van der Waals surface area contributed by atoms with Crippen LogP contribution in [0.1, 0.15) is 26.7 Å². The van der Waals surface area contributed by atoms with Crippen molar-refractivity contribution >= 4 is 0 Å². The first-order valence-corrected chi connectivity index (χ1v) is 3.60. The Morgan fingerprint density at radius 2 is 2.22 bits per heavy atom. The molecule has 1 nitrogen and oxygen atoms in total. The van der Waals surface area contributed by atoms with E-state index in [4.69, 9.17) is 5.73 Å². The van der Waals surface area contributed by atoms with Gasteiger partial charge in [-0.05, 0) is 12.3 Å². The molecule has 9 heavy (non-hydrogen) atoms. The minimum absolute atomic E-state index is 0.611. The Hall–Kier alpha value is -0.300. The smallest absolute Gasteiger partial charge is 0.0136 e. The Morgan fingerprint density at radius 3 is 2.56 bits per heavy atom. The summed E-state index contributed by atoms with van der Waals surface area (Å²) in [6, 6.07) is 0. The summed E-state index contributed by atoms with van der Waals surface area (Å²) in [5.41, 5.74) is 6.58. The monoisotopic (exact) mass is 127 g/mol. The number of hydrogen-bond donors (Lipinski definition) is 1. The molecule has 0 saturated heterocycles. The summed E-state index contributed by atoms with van der Waals surface area (Å²) in [6.07, 6.45) is 2.44. The van der Waals surface area contributed by atoms with Crippen LogP contribution in [-0.4, -0.2) is 6.54 Å². The molecule has 0 aromatic heterocycles. The van der Waals surface area contributed by atoms with E-state index in [-0.39, 0.29) is 0 Å². The summed E-state index contributed by atoms with van der Waals surface area (Å²) in [6.45, 7) is 8.87. The molecule has 0 aromatic carbocycles.